The molecule has 2 N–H and O–H groups in total. The van der Waals surface area contributed by atoms with Gasteiger partial charge < -0.3 is 10.6 Å². The van der Waals surface area contributed by atoms with Gasteiger partial charge in [-0.3, -0.25) is 19.7 Å². The van der Waals surface area contributed by atoms with Crippen LogP contribution in [0.25, 0.3) is 0 Å². The van der Waals surface area contributed by atoms with Crippen LogP contribution >= 0.6 is 11.6 Å². The zero-order valence-corrected chi connectivity index (χ0v) is 20.1. The molecule has 1 atom stereocenters. The number of nitro benzene ring substituents is 1. The molecule has 2 heterocycles. The molecule has 2 aliphatic rings. The molecular weight excluding hydrogens is 456 g/mol. The summed E-state index contributed by atoms with van der Waals surface area (Å²) in [5.74, 6) is -1.07. The molecule has 0 spiro atoms. The number of Topliss-reactive ketones (excluding diaryl/α,β-unsaturated/α-hetero) is 1. The Kier molecular flexibility index (Phi) is 6.03. The zero-order chi connectivity index (χ0) is 24.8. The van der Waals surface area contributed by atoms with Crippen molar-refractivity contribution in [3.63, 3.8) is 0 Å². The number of pyridine rings is 1. The van der Waals surface area contributed by atoms with Gasteiger partial charge in [0.15, 0.2) is 5.78 Å². The molecule has 0 saturated heterocycles. The second kappa shape index (κ2) is 8.68. The molecule has 4 rings (SSSR count). The second-order valence-corrected chi connectivity index (χ2v) is 9.97. The van der Waals surface area contributed by atoms with Gasteiger partial charge in [0.1, 0.15) is 5.82 Å². The third kappa shape index (κ3) is 4.46. The van der Waals surface area contributed by atoms with Crippen LogP contribution in [0, 0.1) is 22.5 Å². The molecule has 2 aromatic rings. The van der Waals surface area contributed by atoms with Crippen molar-refractivity contribution >= 4 is 34.8 Å². The number of rotatable bonds is 4. The molecule has 1 aromatic carbocycles. The topological polar surface area (TPSA) is 114 Å². The standard InChI is InChI=1S/C25H25ClN4O4/c1-13-5-8-20(27-12-13)29-24(32)21-14(2)28-18-10-25(3,4)11-19(31)23(18)22(21)16-9-15(30(33)34)6-7-17(16)26/h5-9,12,22,28H,10-11H2,1-4H3,(H,27,29,32). The molecule has 0 saturated carbocycles. The number of carbonyl (C=O) groups excluding carboxylic acids is 2. The Morgan fingerprint density at radius 1 is 1.24 bits per heavy atom. The van der Waals surface area contributed by atoms with E-state index in [4.69, 9.17) is 11.6 Å². The Bertz CT molecular complexity index is 1280. The molecule has 176 valence electrons. The van der Waals surface area contributed by atoms with E-state index < -0.39 is 16.7 Å². The van der Waals surface area contributed by atoms with Crippen molar-refractivity contribution in [2.75, 3.05) is 5.32 Å². The lowest BCUT2D eigenvalue weighted by Crippen LogP contribution is -2.39. The number of halogens is 1. The SMILES string of the molecule is CC1=C(C(=O)Nc2ccc(C)cn2)C(c2cc([N+](=O)[O-])ccc2Cl)C2=C(CC(C)(C)CC2=O)N1. The van der Waals surface area contributed by atoms with Crippen LogP contribution in [0.5, 0.6) is 0 Å². The third-order valence-corrected chi connectivity index (χ3v) is 6.48. The molecule has 1 aromatic heterocycles. The lowest BCUT2D eigenvalue weighted by molar-refractivity contribution is -0.384. The van der Waals surface area contributed by atoms with Crippen molar-refractivity contribution in [3.05, 3.63) is 85.3 Å². The minimum Gasteiger partial charge on any atom is -0.362 e. The Morgan fingerprint density at radius 3 is 2.62 bits per heavy atom. The predicted molar refractivity (Wildman–Crippen MR) is 129 cm³/mol. The number of ketones is 1. The van der Waals surface area contributed by atoms with Gasteiger partial charge in [-0.15, -0.1) is 0 Å². The van der Waals surface area contributed by atoms with E-state index in [2.05, 4.69) is 15.6 Å². The lowest BCUT2D eigenvalue weighted by Gasteiger charge is -2.39. The molecule has 8 nitrogen and oxygen atoms in total. The number of carbonyl (C=O) groups is 2. The number of allylic oxidation sites excluding steroid dienone is 3. The van der Waals surface area contributed by atoms with Gasteiger partial charge in [-0.05, 0) is 48.9 Å². The molecular formula is C25H25ClN4O4. The first-order chi connectivity index (χ1) is 16.0. The highest BCUT2D eigenvalue weighted by atomic mass is 35.5. The average Bonchev–Trinajstić information content (AvgIpc) is 2.73. The number of anilines is 1. The zero-order valence-electron chi connectivity index (χ0n) is 19.4. The largest absolute Gasteiger partial charge is 0.362 e. The number of nitrogens with zero attached hydrogens (tertiary/aromatic N) is 2. The molecule has 34 heavy (non-hydrogen) atoms. The maximum Gasteiger partial charge on any atom is 0.269 e. The van der Waals surface area contributed by atoms with E-state index in [1.54, 1.807) is 19.2 Å². The summed E-state index contributed by atoms with van der Waals surface area (Å²) in [5.41, 5.74) is 2.84. The van der Waals surface area contributed by atoms with E-state index in [-0.39, 0.29) is 27.5 Å². The second-order valence-electron chi connectivity index (χ2n) is 9.57. The van der Waals surface area contributed by atoms with Crippen molar-refractivity contribution < 1.29 is 14.5 Å². The summed E-state index contributed by atoms with van der Waals surface area (Å²) in [4.78, 5) is 42.1. The molecule has 0 radical (unpaired) electrons. The van der Waals surface area contributed by atoms with Gasteiger partial charge in [-0.25, -0.2) is 4.98 Å². The molecule has 0 fully saturated rings. The maximum atomic E-state index is 13.5. The number of aromatic nitrogens is 1. The normalized spacial score (nSPS) is 19.4. The van der Waals surface area contributed by atoms with E-state index in [1.165, 1.54) is 18.2 Å². The average molecular weight is 481 g/mol. The lowest BCUT2D eigenvalue weighted by atomic mass is 9.68. The fourth-order valence-electron chi connectivity index (χ4n) is 4.64. The summed E-state index contributed by atoms with van der Waals surface area (Å²) >= 11 is 6.52. The van der Waals surface area contributed by atoms with E-state index in [0.717, 1.165) is 11.3 Å². The maximum absolute atomic E-state index is 13.5. The third-order valence-electron chi connectivity index (χ3n) is 6.14. The van der Waals surface area contributed by atoms with Crippen molar-refractivity contribution in [3.8, 4) is 0 Å². The van der Waals surface area contributed by atoms with Crippen LogP contribution in [0.3, 0.4) is 0 Å². The number of hydrogen-bond donors (Lipinski definition) is 2. The van der Waals surface area contributed by atoms with Gasteiger partial charge in [-0.2, -0.15) is 0 Å². The highest BCUT2D eigenvalue weighted by Crippen LogP contribution is 2.48. The number of nitro groups is 1. The van der Waals surface area contributed by atoms with Crippen LogP contribution in [-0.2, 0) is 9.59 Å². The van der Waals surface area contributed by atoms with Crippen molar-refractivity contribution in [2.24, 2.45) is 5.41 Å². The number of nitrogens with one attached hydrogen (secondary N) is 2. The minimum absolute atomic E-state index is 0.113. The predicted octanol–water partition coefficient (Wildman–Crippen LogP) is 5.19. The van der Waals surface area contributed by atoms with Crippen molar-refractivity contribution in [1.82, 2.24) is 10.3 Å². The number of benzene rings is 1. The van der Waals surface area contributed by atoms with Crippen LogP contribution in [0.2, 0.25) is 5.02 Å². The molecule has 1 aliphatic carbocycles. The van der Waals surface area contributed by atoms with Gasteiger partial charge in [0.2, 0.25) is 0 Å². The van der Waals surface area contributed by atoms with Crippen LogP contribution in [0.15, 0.2) is 59.1 Å². The van der Waals surface area contributed by atoms with E-state index in [1.807, 2.05) is 26.8 Å². The quantitative estimate of drug-likeness (QED) is 0.459. The first kappa shape index (κ1) is 23.6. The van der Waals surface area contributed by atoms with Crippen LogP contribution in [0.1, 0.15) is 50.7 Å². The highest BCUT2D eigenvalue weighted by molar-refractivity contribution is 6.31. The summed E-state index contributed by atoms with van der Waals surface area (Å²) < 4.78 is 0. The summed E-state index contributed by atoms with van der Waals surface area (Å²) in [6, 6.07) is 7.60. The Balaban J connectivity index is 1.87. The Labute approximate surface area is 202 Å². The Hall–Kier alpha value is -3.52. The first-order valence-corrected chi connectivity index (χ1v) is 11.3. The van der Waals surface area contributed by atoms with Gasteiger partial charge in [-0.1, -0.05) is 31.5 Å². The Morgan fingerprint density at radius 2 is 1.97 bits per heavy atom. The molecule has 9 heteroatoms. The van der Waals surface area contributed by atoms with E-state index in [9.17, 15) is 19.7 Å². The monoisotopic (exact) mass is 480 g/mol. The molecule has 1 aliphatic heterocycles. The number of aryl methyl sites for hydroxylation is 1. The number of non-ortho nitro benzene ring substituents is 1. The summed E-state index contributed by atoms with van der Waals surface area (Å²) in [7, 11) is 0. The van der Waals surface area contributed by atoms with Crippen molar-refractivity contribution in [2.45, 2.75) is 46.5 Å². The van der Waals surface area contributed by atoms with Crippen LogP contribution in [0.4, 0.5) is 11.5 Å². The smallest absolute Gasteiger partial charge is 0.269 e. The highest BCUT2D eigenvalue weighted by Gasteiger charge is 2.43. The minimum atomic E-state index is -0.849. The first-order valence-electron chi connectivity index (χ1n) is 10.9. The van der Waals surface area contributed by atoms with Crippen LogP contribution < -0.4 is 10.6 Å². The number of dihydropyridines is 1. The number of amides is 1. The van der Waals surface area contributed by atoms with Crippen molar-refractivity contribution in [1.29, 1.82) is 0 Å². The van der Waals surface area contributed by atoms with Gasteiger partial charge >= 0.3 is 0 Å². The van der Waals surface area contributed by atoms with Gasteiger partial charge in [0, 0.05) is 58.2 Å². The molecule has 1 amide bonds. The van der Waals surface area contributed by atoms with Gasteiger partial charge in [0.05, 0.1) is 4.92 Å². The van der Waals surface area contributed by atoms with Gasteiger partial charge in [0.25, 0.3) is 11.6 Å². The fraction of sp³-hybridized carbons (Fsp3) is 0.320. The van der Waals surface area contributed by atoms with E-state index in [0.29, 0.717) is 35.5 Å². The fourth-order valence-corrected chi connectivity index (χ4v) is 4.87. The van der Waals surface area contributed by atoms with Crippen LogP contribution in [-0.4, -0.2) is 21.6 Å². The summed E-state index contributed by atoms with van der Waals surface area (Å²) in [6.07, 6.45) is 2.53. The van der Waals surface area contributed by atoms with E-state index >= 15 is 0 Å². The number of hydrogen-bond acceptors (Lipinski definition) is 6. The summed E-state index contributed by atoms with van der Waals surface area (Å²) in [6.45, 7) is 7.67. The summed E-state index contributed by atoms with van der Waals surface area (Å²) in [5, 5.41) is 17.8. The molecule has 1 unspecified atom stereocenters. The molecule has 0 bridgehead atoms.